The predicted octanol–water partition coefficient (Wildman–Crippen LogP) is 4.42. The summed E-state index contributed by atoms with van der Waals surface area (Å²) in [5.74, 6) is 2.07. The average Bonchev–Trinajstić information content (AvgIpc) is 3.47. The lowest BCUT2D eigenvalue weighted by Gasteiger charge is -2.38. The van der Waals surface area contributed by atoms with Gasteiger partial charge in [0.05, 0.1) is 31.0 Å². The summed E-state index contributed by atoms with van der Waals surface area (Å²) in [7, 11) is 3.58. The smallest absolute Gasteiger partial charge is 0.323 e. The monoisotopic (exact) mass is 590 g/mol. The van der Waals surface area contributed by atoms with Gasteiger partial charge in [0, 0.05) is 31.2 Å². The van der Waals surface area contributed by atoms with Crippen LogP contribution in [0.15, 0.2) is 60.7 Å². The summed E-state index contributed by atoms with van der Waals surface area (Å²) >= 11 is 0. The van der Waals surface area contributed by atoms with Crippen molar-refractivity contribution in [3.8, 4) is 23.0 Å². The van der Waals surface area contributed by atoms with Gasteiger partial charge in [-0.2, -0.15) is 0 Å². The number of aliphatic hydroxyl groups excluding tert-OH is 1. The maximum atomic E-state index is 13.8. The summed E-state index contributed by atoms with van der Waals surface area (Å²) in [6.07, 6.45) is -0.341. The van der Waals surface area contributed by atoms with Gasteiger partial charge < -0.3 is 39.6 Å². The first-order chi connectivity index (χ1) is 20.7. The summed E-state index contributed by atoms with van der Waals surface area (Å²) < 4.78 is 22.8. The fourth-order valence-corrected chi connectivity index (χ4v) is 5.24. The molecule has 0 fully saturated rings. The number of aliphatic hydroxyl groups is 1. The van der Waals surface area contributed by atoms with Crippen molar-refractivity contribution in [2.75, 3.05) is 51.3 Å². The van der Waals surface area contributed by atoms with Crippen molar-refractivity contribution < 1.29 is 33.6 Å². The third-order valence-electron chi connectivity index (χ3n) is 7.67. The molecule has 0 unspecified atom stereocenters. The molecule has 0 spiro atoms. The number of anilines is 2. The lowest BCUT2D eigenvalue weighted by molar-refractivity contribution is 0.0343. The lowest BCUT2D eigenvalue weighted by Crippen LogP contribution is -2.49. The molecule has 2 aliphatic heterocycles. The number of rotatable bonds is 9. The van der Waals surface area contributed by atoms with E-state index in [0.29, 0.717) is 48.1 Å². The SMILES string of the molecule is COc1ccc(NC(=O)Nc2cccc3c2O[C@H](CN(C)Cc2ccc4c(c2)OCO4)[C@@H](C)CN([C@H](C)CO)C3=O)cc1. The van der Waals surface area contributed by atoms with E-state index < -0.39 is 12.1 Å². The van der Waals surface area contributed by atoms with Crippen LogP contribution in [-0.2, 0) is 6.54 Å². The highest BCUT2D eigenvalue weighted by molar-refractivity contribution is 6.04. The molecule has 0 aliphatic carbocycles. The minimum atomic E-state index is -0.484. The molecule has 0 aromatic heterocycles. The third-order valence-corrected chi connectivity index (χ3v) is 7.67. The van der Waals surface area contributed by atoms with E-state index in [2.05, 4.69) is 15.5 Å². The van der Waals surface area contributed by atoms with Gasteiger partial charge in [-0.15, -0.1) is 0 Å². The standard InChI is InChI=1S/C32H38N4O7/c1-20-15-36(21(2)18-37)31(38)25-6-5-7-26(34-32(39)33-23-9-11-24(40-4)12-10-23)30(25)43-29(20)17-35(3)16-22-8-13-27-28(14-22)42-19-41-27/h5-14,20-21,29,37H,15-19H2,1-4H3,(H2,33,34,39)/t20-,21+,29+/m0/s1. The van der Waals surface area contributed by atoms with Gasteiger partial charge >= 0.3 is 6.03 Å². The van der Waals surface area contributed by atoms with Gasteiger partial charge in [0.15, 0.2) is 17.2 Å². The molecule has 11 heteroatoms. The predicted molar refractivity (Wildman–Crippen MR) is 162 cm³/mol. The summed E-state index contributed by atoms with van der Waals surface area (Å²) in [5.41, 5.74) is 2.33. The van der Waals surface area contributed by atoms with E-state index in [0.717, 1.165) is 17.1 Å². The number of methoxy groups -OCH3 is 1. The van der Waals surface area contributed by atoms with Crippen LogP contribution >= 0.6 is 0 Å². The highest BCUT2D eigenvalue weighted by Crippen LogP contribution is 2.36. The molecule has 3 N–H and O–H groups in total. The van der Waals surface area contributed by atoms with Gasteiger partial charge in [0.2, 0.25) is 6.79 Å². The lowest BCUT2D eigenvalue weighted by atomic mass is 9.99. The fourth-order valence-electron chi connectivity index (χ4n) is 5.24. The van der Waals surface area contributed by atoms with E-state index in [-0.39, 0.29) is 31.3 Å². The van der Waals surface area contributed by atoms with Crippen molar-refractivity contribution in [2.24, 2.45) is 5.92 Å². The molecule has 3 aromatic rings. The van der Waals surface area contributed by atoms with E-state index in [1.54, 1.807) is 54.5 Å². The van der Waals surface area contributed by atoms with Gasteiger partial charge in [0.1, 0.15) is 11.9 Å². The van der Waals surface area contributed by atoms with E-state index in [9.17, 15) is 14.7 Å². The molecule has 3 aromatic carbocycles. The second-order valence-corrected chi connectivity index (χ2v) is 11.0. The Morgan fingerprint density at radius 1 is 1.12 bits per heavy atom. The van der Waals surface area contributed by atoms with Gasteiger partial charge in [0.25, 0.3) is 5.91 Å². The van der Waals surface area contributed by atoms with E-state index >= 15 is 0 Å². The number of carbonyl (C=O) groups is 2. The zero-order chi connectivity index (χ0) is 30.5. The third kappa shape index (κ3) is 6.95. The molecule has 0 bridgehead atoms. The number of hydrogen-bond acceptors (Lipinski definition) is 8. The molecule has 3 amide bonds. The van der Waals surface area contributed by atoms with E-state index in [1.807, 2.05) is 39.1 Å². The Morgan fingerprint density at radius 2 is 1.88 bits per heavy atom. The molecule has 11 nitrogen and oxygen atoms in total. The summed E-state index contributed by atoms with van der Waals surface area (Å²) in [4.78, 5) is 30.6. The molecule has 0 saturated carbocycles. The molecule has 2 aliphatic rings. The van der Waals surface area contributed by atoms with Crippen LogP contribution in [0.3, 0.4) is 0 Å². The number of hydrogen-bond donors (Lipinski definition) is 3. The number of ether oxygens (including phenoxy) is 4. The second kappa shape index (κ2) is 13.2. The molecule has 0 saturated heterocycles. The number of para-hydroxylation sites is 1. The Balaban J connectivity index is 1.39. The first-order valence-electron chi connectivity index (χ1n) is 14.3. The van der Waals surface area contributed by atoms with Gasteiger partial charge in [-0.25, -0.2) is 4.79 Å². The Kier molecular flexibility index (Phi) is 9.22. The van der Waals surface area contributed by atoms with Crippen molar-refractivity contribution in [1.82, 2.24) is 9.80 Å². The topological polar surface area (TPSA) is 122 Å². The first kappa shape index (κ1) is 30.0. The average molecular weight is 591 g/mol. The van der Waals surface area contributed by atoms with Gasteiger partial charge in [-0.3, -0.25) is 9.69 Å². The number of nitrogens with zero attached hydrogens (tertiary/aromatic N) is 2. The van der Waals surface area contributed by atoms with Crippen LogP contribution in [0.1, 0.15) is 29.8 Å². The molecular formula is C32H38N4O7. The van der Waals surface area contributed by atoms with Crippen LogP contribution < -0.4 is 29.6 Å². The highest BCUT2D eigenvalue weighted by Gasteiger charge is 2.34. The van der Waals surface area contributed by atoms with Crippen molar-refractivity contribution in [2.45, 2.75) is 32.5 Å². The zero-order valence-corrected chi connectivity index (χ0v) is 24.8. The van der Waals surface area contributed by atoms with Crippen LogP contribution in [0.2, 0.25) is 0 Å². The summed E-state index contributed by atoms with van der Waals surface area (Å²) in [6, 6.07) is 17.1. The number of nitrogens with one attached hydrogen (secondary N) is 2. The van der Waals surface area contributed by atoms with Crippen molar-refractivity contribution in [3.63, 3.8) is 0 Å². The van der Waals surface area contributed by atoms with Crippen molar-refractivity contribution >= 4 is 23.3 Å². The van der Waals surface area contributed by atoms with Gasteiger partial charge in [-0.1, -0.05) is 19.1 Å². The molecule has 2 heterocycles. The van der Waals surface area contributed by atoms with Crippen LogP contribution in [0.4, 0.5) is 16.2 Å². The Morgan fingerprint density at radius 3 is 2.63 bits per heavy atom. The molecule has 5 rings (SSSR count). The van der Waals surface area contributed by atoms with E-state index in [4.69, 9.17) is 18.9 Å². The first-order valence-corrected chi connectivity index (χ1v) is 14.3. The number of fused-ring (bicyclic) bond motifs is 2. The Labute approximate surface area is 251 Å². The Hall–Kier alpha value is -4.48. The number of amides is 3. The minimum absolute atomic E-state index is 0.0912. The summed E-state index contributed by atoms with van der Waals surface area (Å²) in [6.45, 7) is 5.47. The van der Waals surface area contributed by atoms with Crippen LogP contribution in [0.5, 0.6) is 23.0 Å². The quantitative estimate of drug-likeness (QED) is 0.335. The van der Waals surface area contributed by atoms with Gasteiger partial charge in [-0.05, 0) is 68.1 Å². The molecule has 228 valence electrons. The number of carbonyl (C=O) groups excluding carboxylic acids is 2. The number of benzene rings is 3. The largest absolute Gasteiger partial charge is 0.497 e. The number of urea groups is 1. The molecule has 3 atom stereocenters. The summed E-state index contributed by atoms with van der Waals surface area (Å²) in [5, 5.41) is 15.6. The van der Waals surface area contributed by atoms with Crippen LogP contribution in [-0.4, -0.2) is 79.6 Å². The molecule has 0 radical (unpaired) electrons. The van der Waals surface area contributed by atoms with Crippen molar-refractivity contribution in [3.05, 3.63) is 71.8 Å². The zero-order valence-electron chi connectivity index (χ0n) is 24.8. The normalized spacial score (nSPS) is 18.3. The van der Waals surface area contributed by atoms with E-state index in [1.165, 1.54) is 0 Å². The number of likely N-dealkylation sites (N-methyl/N-ethyl adjacent to an activating group) is 1. The fraction of sp³-hybridized carbons (Fsp3) is 0.375. The highest BCUT2D eigenvalue weighted by atomic mass is 16.7. The minimum Gasteiger partial charge on any atom is -0.497 e. The Bertz CT molecular complexity index is 1450. The second-order valence-electron chi connectivity index (χ2n) is 11.0. The molecule has 43 heavy (non-hydrogen) atoms. The maximum absolute atomic E-state index is 13.8. The maximum Gasteiger partial charge on any atom is 0.323 e. The van der Waals surface area contributed by atoms with Crippen LogP contribution in [0.25, 0.3) is 0 Å². The van der Waals surface area contributed by atoms with Crippen LogP contribution in [0, 0.1) is 5.92 Å². The molecular weight excluding hydrogens is 552 g/mol. The van der Waals surface area contributed by atoms with Crippen molar-refractivity contribution in [1.29, 1.82) is 0 Å².